The molecule has 0 atom stereocenters. The van der Waals surface area contributed by atoms with Gasteiger partial charge < -0.3 is 4.74 Å². The first-order chi connectivity index (χ1) is 8.99. The van der Waals surface area contributed by atoms with Crippen LogP contribution in [0.2, 0.25) is 5.15 Å². The summed E-state index contributed by atoms with van der Waals surface area (Å²) in [5, 5.41) is 6.82. The van der Waals surface area contributed by atoms with Crippen molar-refractivity contribution in [3.05, 3.63) is 28.7 Å². The Balaban J connectivity index is 2.23. The fraction of sp³-hybridized carbons (Fsp3) is 0.273. The fourth-order valence-electron chi connectivity index (χ4n) is 1.55. The first-order valence-corrected chi connectivity index (χ1v) is 5.77. The van der Waals surface area contributed by atoms with Crippen molar-refractivity contribution in [2.24, 2.45) is 7.05 Å². The Labute approximate surface area is 114 Å². The minimum absolute atomic E-state index is 0.0811. The Morgan fingerprint density at radius 3 is 2.79 bits per heavy atom. The van der Waals surface area contributed by atoms with Gasteiger partial charge in [0, 0.05) is 19.3 Å². The van der Waals surface area contributed by atoms with E-state index < -0.39 is 0 Å². The molecule has 0 saturated heterocycles. The molecule has 7 nitrogen and oxygen atoms in total. The monoisotopic (exact) mass is 281 g/mol. The maximum absolute atomic E-state index is 12.0. The molecule has 0 bridgehead atoms. The van der Waals surface area contributed by atoms with Gasteiger partial charge in [0.1, 0.15) is 5.15 Å². The number of halogens is 1. The molecular weight excluding hydrogens is 270 g/mol. The highest BCUT2D eigenvalue weighted by molar-refractivity contribution is 6.29. The number of hydrogen-bond donors (Lipinski definition) is 1. The van der Waals surface area contributed by atoms with Crippen LogP contribution in [0, 0.1) is 6.92 Å². The Morgan fingerprint density at radius 2 is 2.21 bits per heavy atom. The smallest absolute Gasteiger partial charge is 0.261 e. The van der Waals surface area contributed by atoms with E-state index in [1.165, 1.54) is 13.2 Å². The number of carbonyl (C=O) groups is 1. The van der Waals surface area contributed by atoms with Crippen LogP contribution in [0.3, 0.4) is 0 Å². The van der Waals surface area contributed by atoms with Gasteiger partial charge in [0.15, 0.2) is 0 Å². The molecule has 2 heterocycles. The molecule has 0 aliphatic rings. The second-order valence-electron chi connectivity index (χ2n) is 3.81. The number of nitrogens with zero attached hydrogens (tertiary/aromatic N) is 4. The first kappa shape index (κ1) is 13.3. The van der Waals surface area contributed by atoms with E-state index in [1.54, 1.807) is 24.9 Å². The van der Waals surface area contributed by atoms with Crippen molar-refractivity contribution < 1.29 is 9.53 Å². The largest absolute Gasteiger partial charge is 0.481 e. The van der Waals surface area contributed by atoms with Crippen molar-refractivity contribution in [1.82, 2.24) is 19.7 Å². The van der Waals surface area contributed by atoms with Crippen molar-refractivity contribution in [2.45, 2.75) is 6.92 Å². The summed E-state index contributed by atoms with van der Waals surface area (Å²) in [4.78, 5) is 19.9. The summed E-state index contributed by atoms with van der Waals surface area (Å²) >= 11 is 5.79. The van der Waals surface area contributed by atoms with Crippen LogP contribution in [0.4, 0.5) is 5.95 Å². The molecular formula is C11H12ClN5O2. The number of methoxy groups -OCH3 is 1. The van der Waals surface area contributed by atoms with E-state index in [1.807, 2.05) is 0 Å². The number of aryl methyl sites for hydroxylation is 2. The highest BCUT2D eigenvalue weighted by Gasteiger charge is 2.14. The SMILES string of the molecule is COc1cc(Cl)nc(NC(=O)c2cn(C)nc2C)n1. The second-order valence-corrected chi connectivity index (χ2v) is 4.20. The highest BCUT2D eigenvalue weighted by atomic mass is 35.5. The molecule has 0 saturated carbocycles. The van der Waals surface area contributed by atoms with Crippen LogP contribution < -0.4 is 10.1 Å². The molecule has 1 N–H and O–H groups in total. The lowest BCUT2D eigenvalue weighted by Crippen LogP contribution is -2.15. The Bertz CT molecular complexity index is 626. The van der Waals surface area contributed by atoms with Crippen molar-refractivity contribution in [3.63, 3.8) is 0 Å². The van der Waals surface area contributed by atoms with E-state index in [2.05, 4.69) is 20.4 Å². The van der Waals surface area contributed by atoms with Crippen LogP contribution >= 0.6 is 11.6 Å². The average molecular weight is 282 g/mol. The fourth-order valence-corrected chi connectivity index (χ4v) is 1.72. The highest BCUT2D eigenvalue weighted by Crippen LogP contribution is 2.16. The van der Waals surface area contributed by atoms with Crippen molar-refractivity contribution in [3.8, 4) is 5.88 Å². The normalized spacial score (nSPS) is 10.3. The van der Waals surface area contributed by atoms with Gasteiger partial charge in [-0.2, -0.15) is 10.1 Å². The number of aromatic nitrogens is 4. The third-order valence-corrected chi connectivity index (χ3v) is 2.56. The molecule has 2 aromatic rings. The third kappa shape index (κ3) is 3.00. The molecule has 0 aromatic carbocycles. The van der Waals surface area contributed by atoms with Crippen LogP contribution in [0.15, 0.2) is 12.3 Å². The molecule has 0 fully saturated rings. The summed E-state index contributed by atoms with van der Waals surface area (Å²) in [5.41, 5.74) is 1.07. The van der Waals surface area contributed by atoms with Crippen LogP contribution in [0.5, 0.6) is 5.88 Å². The Kier molecular flexibility index (Phi) is 3.66. The summed E-state index contributed by atoms with van der Waals surface area (Å²) in [6.45, 7) is 1.74. The van der Waals surface area contributed by atoms with Gasteiger partial charge in [0.05, 0.1) is 18.4 Å². The van der Waals surface area contributed by atoms with Gasteiger partial charge in [-0.3, -0.25) is 14.8 Å². The zero-order chi connectivity index (χ0) is 14.0. The third-order valence-electron chi connectivity index (χ3n) is 2.36. The molecule has 0 spiro atoms. The average Bonchev–Trinajstić information content (AvgIpc) is 2.67. The van der Waals surface area contributed by atoms with E-state index >= 15 is 0 Å². The zero-order valence-electron chi connectivity index (χ0n) is 10.6. The van der Waals surface area contributed by atoms with Crippen molar-refractivity contribution in [1.29, 1.82) is 0 Å². The molecule has 2 rings (SSSR count). The minimum Gasteiger partial charge on any atom is -0.481 e. The van der Waals surface area contributed by atoms with Crippen molar-refractivity contribution in [2.75, 3.05) is 12.4 Å². The van der Waals surface area contributed by atoms with E-state index in [4.69, 9.17) is 16.3 Å². The summed E-state index contributed by atoms with van der Waals surface area (Å²) in [6.07, 6.45) is 1.62. The molecule has 8 heteroatoms. The summed E-state index contributed by atoms with van der Waals surface area (Å²) in [7, 11) is 3.19. The van der Waals surface area contributed by atoms with Crippen LogP contribution in [0.1, 0.15) is 16.1 Å². The number of anilines is 1. The number of rotatable bonds is 3. The maximum Gasteiger partial charge on any atom is 0.261 e. The van der Waals surface area contributed by atoms with Crippen LogP contribution in [-0.4, -0.2) is 32.8 Å². The van der Waals surface area contributed by atoms with Crippen LogP contribution in [-0.2, 0) is 7.05 Å². The van der Waals surface area contributed by atoms with E-state index in [-0.39, 0.29) is 22.9 Å². The van der Waals surface area contributed by atoms with Gasteiger partial charge in [0.2, 0.25) is 11.8 Å². The van der Waals surface area contributed by atoms with E-state index in [0.717, 1.165) is 0 Å². The lowest BCUT2D eigenvalue weighted by Gasteiger charge is -2.05. The topological polar surface area (TPSA) is 81.9 Å². The number of nitrogens with one attached hydrogen (secondary N) is 1. The van der Waals surface area contributed by atoms with Gasteiger partial charge in [-0.15, -0.1) is 0 Å². The quantitative estimate of drug-likeness (QED) is 0.861. The number of ether oxygens (including phenoxy) is 1. The van der Waals surface area contributed by atoms with Gasteiger partial charge in [0.25, 0.3) is 5.91 Å². The van der Waals surface area contributed by atoms with E-state index in [9.17, 15) is 4.79 Å². The van der Waals surface area contributed by atoms with Gasteiger partial charge in [-0.25, -0.2) is 4.98 Å². The molecule has 0 unspecified atom stereocenters. The Hall–Kier alpha value is -2.15. The van der Waals surface area contributed by atoms with Crippen molar-refractivity contribution >= 4 is 23.5 Å². The predicted octanol–water partition coefficient (Wildman–Crippen LogP) is 1.43. The second kappa shape index (κ2) is 5.23. The van der Waals surface area contributed by atoms with Gasteiger partial charge in [-0.05, 0) is 6.92 Å². The standard InChI is InChI=1S/C11H12ClN5O2/c1-6-7(5-17(2)16-6)10(18)15-11-13-8(12)4-9(14-11)19-3/h4-5H,1-3H3,(H,13,14,15,18). The molecule has 100 valence electrons. The van der Waals surface area contributed by atoms with E-state index in [0.29, 0.717) is 11.3 Å². The molecule has 19 heavy (non-hydrogen) atoms. The maximum atomic E-state index is 12.0. The lowest BCUT2D eigenvalue weighted by atomic mass is 10.2. The number of amides is 1. The molecule has 0 aliphatic carbocycles. The number of carbonyl (C=O) groups excluding carboxylic acids is 1. The Morgan fingerprint density at radius 1 is 1.47 bits per heavy atom. The molecule has 0 radical (unpaired) electrons. The lowest BCUT2D eigenvalue weighted by molar-refractivity contribution is 0.102. The predicted molar refractivity (Wildman–Crippen MR) is 69.5 cm³/mol. The van der Waals surface area contributed by atoms with Crippen LogP contribution in [0.25, 0.3) is 0 Å². The molecule has 0 aliphatic heterocycles. The number of hydrogen-bond acceptors (Lipinski definition) is 5. The zero-order valence-corrected chi connectivity index (χ0v) is 11.4. The van der Waals surface area contributed by atoms with Gasteiger partial charge in [-0.1, -0.05) is 11.6 Å². The molecule has 1 amide bonds. The molecule has 2 aromatic heterocycles. The first-order valence-electron chi connectivity index (χ1n) is 5.39. The minimum atomic E-state index is -0.352. The summed E-state index contributed by atoms with van der Waals surface area (Å²) in [6, 6.07) is 1.45. The van der Waals surface area contributed by atoms with Gasteiger partial charge >= 0.3 is 0 Å². The summed E-state index contributed by atoms with van der Waals surface area (Å²) in [5.74, 6) is 0.00531. The summed E-state index contributed by atoms with van der Waals surface area (Å²) < 4.78 is 6.51.